The first-order valence-electron chi connectivity index (χ1n) is 7.84. The standard InChI is InChI=1S/C16H27N3O2/c1-3-5-12-21-13-7-11-19-16(20)14-8-6-10-18-15(14)17-9-4-2/h6,8,10H,3-5,7,9,11-13H2,1-2H3,(H,17,18)(H,19,20). The van der Waals surface area contributed by atoms with Gasteiger partial charge < -0.3 is 15.4 Å². The molecule has 2 N–H and O–H groups in total. The minimum atomic E-state index is -0.0877. The van der Waals surface area contributed by atoms with Crippen LogP contribution in [-0.4, -0.2) is 37.2 Å². The Kier molecular flexibility index (Phi) is 9.20. The minimum absolute atomic E-state index is 0.0877. The highest BCUT2D eigenvalue weighted by atomic mass is 16.5. The van der Waals surface area contributed by atoms with Gasteiger partial charge in [-0.3, -0.25) is 4.79 Å². The van der Waals surface area contributed by atoms with Crippen molar-refractivity contribution in [1.82, 2.24) is 10.3 Å². The number of carbonyl (C=O) groups excluding carboxylic acids is 1. The average Bonchev–Trinajstić information content (AvgIpc) is 2.52. The number of nitrogens with one attached hydrogen (secondary N) is 2. The second kappa shape index (κ2) is 11.1. The number of pyridine rings is 1. The van der Waals surface area contributed by atoms with Gasteiger partial charge in [0.1, 0.15) is 5.82 Å². The van der Waals surface area contributed by atoms with E-state index in [-0.39, 0.29) is 5.91 Å². The van der Waals surface area contributed by atoms with Gasteiger partial charge in [0.15, 0.2) is 0 Å². The molecule has 0 unspecified atom stereocenters. The summed E-state index contributed by atoms with van der Waals surface area (Å²) in [6, 6.07) is 3.57. The highest BCUT2D eigenvalue weighted by molar-refractivity contribution is 5.98. The predicted octanol–water partition coefficient (Wildman–Crippen LogP) is 2.84. The summed E-state index contributed by atoms with van der Waals surface area (Å²) < 4.78 is 5.46. The van der Waals surface area contributed by atoms with E-state index >= 15 is 0 Å². The Morgan fingerprint density at radius 3 is 2.76 bits per heavy atom. The number of ether oxygens (including phenoxy) is 1. The van der Waals surface area contributed by atoms with Gasteiger partial charge in [0.2, 0.25) is 0 Å². The van der Waals surface area contributed by atoms with E-state index in [0.29, 0.717) is 24.5 Å². The molecular weight excluding hydrogens is 266 g/mol. The fourth-order valence-electron chi connectivity index (χ4n) is 1.79. The molecule has 1 rings (SSSR count). The Hall–Kier alpha value is -1.62. The summed E-state index contributed by atoms with van der Waals surface area (Å²) in [5.74, 6) is 0.561. The molecule has 0 aromatic carbocycles. The van der Waals surface area contributed by atoms with Crippen molar-refractivity contribution in [2.75, 3.05) is 31.6 Å². The molecule has 5 heteroatoms. The van der Waals surface area contributed by atoms with Crippen LogP contribution in [0.2, 0.25) is 0 Å². The Morgan fingerprint density at radius 2 is 2.00 bits per heavy atom. The van der Waals surface area contributed by atoms with Gasteiger partial charge in [-0.15, -0.1) is 0 Å². The van der Waals surface area contributed by atoms with Crippen LogP contribution in [0.1, 0.15) is 49.9 Å². The molecule has 0 aliphatic carbocycles. The maximum absolute atomic E-state index is 12.1. The summed E-state index contributed by atoms with van der Waals surface area (Å²) >= 11 is 0. The first kappa shape index (κ1) is 17.4. The monoisotopic (exact) mass is 293 g/mol. The number of carbonyl (C=O) groups is 1. The van der Waals surface area contributed by atoms with Crippen molar-refractivity contribution in [1.29, 1.82) is 0 Å². The second-order valence-electron chi connectivity index (χ2n) is 4.90. The van der Waals surface area contributed by atoms with Crippen LogP contribution in [0.15, 0.2) is 18.3 Å². The zero-order valence-corrected chi connectivity index (χ0v) is 13.2. The number of nitrogens with zero attached hydrogens (tertiary/aromatic N) is 1. The van der Waals surface area contributed by atoms with Gasteiger partial charge in [0.25, 0.3) is 5.91 Å². The van der Waals surface area contributed by atoms with Crippen molar-refractivity contribution in [3.63, 3.8) is 0 Å². The van der Waals surface area contributed by atoms with E-state index in [2.05, 4.69) is 29.5 Å². The van der Waals surface area contributed by atoms with Gasteiger partial charge in [-0.1, -0.05) is 20.3 Å². The topological polar surface area (TPSA) is 63.2 Å². The van der Waals surface area contributed by atoms with Crippen LogP contribution >= 0.6 is 0 Å². The fourth-order valence-corrected chi connectivity index (χ4v) is 1.79. The van der Waals surface area contributed by atoms with Crippen molar-refractivity contribution in [3.8, 4) is 0 Å². The summed E-state index contributed by atoms with van der Waals surface area (Å²) in [7, 11) is 0. The summed E-state index contributed by atoms with van der Waals surface area (Å²) in [4.78, 5) is 16.4. The number of anilines is 1. The molecule has 0 saturated carbocycles. The number of aromatic nitrogens is 1. The van der Waals surface area contributed by atoms with E-state index < -0.39 is 0 Å². The van der Waals surface area contributed by atoms with Gasteiger partial charge in [0, 0.05) is 32.5 Å². The normalized spacial score (nSPS) is 10.4. The van der Waals surface area contributed by atoms with Crippen LogP contribution in [0.4, 0.5) is 5.82 Å². The molecule has 1 amide bonds. The van der Waals surface area contributed by atoms with Crippen molar-refractivity contribution in [2.24, 2.45) is 0 Å². The Bertz CT molecular complexity index is 410. The maximum Gasteiger partial charge on any atom is 0.255 e. The Balaban J connectivity index is 2.31. The van der Waals surface area contributed by atoms with Crippen LogP contribution in [-0.2, 0) is 4.74 Å². The second-order valence-corrected chi connectivity index (χ2v) is 4.90. The number of unbranched alkanes of at least 4 members (excludes halogenated alkanes) is 1. The van der Waals surface area contributed by atoms with E-state index in [0.717, 1.165) is 38.8 Å². The first-order valence-corrected chi connectivity index (χ1v) is 7.84. The van der Waals surface area contributed by atoms with Gasteiger partial charge in [-0.05, 0) is 31.4 Å². The molecule has 0 fully saturated rings. The maximum atomic E-state index is 12.1. The molecule has 21 heavy (non-hydrogen) atoms. The lowest BCUT2D eigenvalue weighted by molar-refractivity contribution is 0.0941. The molecule has 0 spiro atoms. The van der Waals surface area contributed by atoms with Crippen LogP contribution in [0, 0.1) is 0 Å². The third kappa shape index (κ3) is 7.09. The summed E-state index contributed by atoms with van der Waals surface area (Å²) in [5.41, 5.74) is 0.595. The molecule has 1 heterocycles. The van der Waals surface area contributed by atoms with E-state index in [1.165, 1.54) is 0 Å². The van der Waals surface area contributed by atoms with Gasteiger partial charge in [0.05, 0.1) is 5.56 Å². The molecule has 0 atom stereocenters. The molecule has 0 aliphatic heterocycles. The lowest BCUT2D eigenvalue weighted by Crippen LogP contribution is -2.26. The van der Waals surface area contributed by atoms with Crippen molar-refractivity contribution >= 4 is 11.7 Å². The van der Waals surface area contributed by atoms with Gasteiger partial charge in [-0.2, -0.15) is 0 Å². The SMILES string of the molecule is CCCCOCCCNC(=O)c1cccnc1NCCC. The van der Waals surface area contributed by atoms with E-state index in [1.54, 1.807) is 18.3 Å². The predicted molar refractivity (Wildman–Crippen MR) is 85.7 cm³/mol. The van der Waals surface area contributed by atoms with E-state index in [1.807, 2.05) is 0 Å². The molecule has 0 aliphatic rings. The molecule has 5 nitrogen and oxygen atoms in total. The summed E-state index contributed by atoms with van der Waals surface area (Å²) in [5, 5.41) is 6.08. The molecular formula is C16H27N3O2. The largest absolute Gasteiger partial charge is 0.381 e. The van der Waals surface area contributed by atoms with Crippen LogP contribution in [0.3, 0.4) is 0 Å². The molecule has 1 aromatic rings. The number of rotatable bonds is 11. The van der Waals surface area contributed by atoms with Crippen molar-refractivity contribution < 1.29 is 9.53 Å². The van der Waals surface area contributed by atoms with E-state index in [9.17, 15) is 4.79 Å². The Morgan fingerprint density at radius 1 is 1.19 bits per heavy atom. The molecule has 118 valence electrons. The highest BCUT2D eigenvalue weighted by Crippen LogP contribution is 2.11. The molecule has 1 aromatic heterocycles. The minimum Gasteiger partial charge on any atom is -0.381 e. The van der Waals surface area contributed by atoms with Gasteiger partial charge >= 0.3 is 0 Å². The lowest BCUT2D eigenvalue weighted by atomic mass is 10.2. The smallest absolute Gasteiger partial charge is 0.255 e. The van der Waals surface area contributed by atoms with Crippen LogP contribution in [0.5, 0.6) is 0 Å². The number of amides is 1. The number of hydrogen-bond donors (Lipinski definition) is 2. The Labute approximate surface area is 127 Å². The summed E-state index contributed by atoms with van der Waals surface area (Å²) in [6.45, 7) is 7.14. The average molecular weight is 293 g/mol. The fraction of sp³-hybridized carbons (Fsp3) is 0.625. The van der Waals surface area contributed by atoms with Crippen molar-refractivity contribution in [2.45, 2.75) is 39.5 Å². The first-order chi connectivity index (χ1) is 10.3. The zero-order valence-electron chi connectivity index (χ0n) is 13.2. The number of hydrogen-bond acceptors (Lipinski definition) is 4. The zero-order chi connectivity index (χ0) is 15.3. The van der Waals surface area contributed by atoms with Crippen LogP contribution < -0.4 is 10.6 Å². The van der Waals surface area contributed by atoms with E-state index in [4.69, 9.17) is 4.74 Å². The molecule has 0 bridgehead atoms. The quantitative estimate of drug-likeness (QED) is 0.616. The molecule has 0 radical (unpaired) electrons. The molecule has 0 saturated heterocycles. The van der Waals surface area contributed by atoms with Gasteiger partial charge in [-0.25, -0.2) is 4.98 Å². The summed E-state index contributed by atoms with van der Waals surface area (Å²) in [6.07, 6.45) is 5.75. The lowest BCUT2D eigenvalue weighted by Gasteiger charge is -2.10. The third-order valence-corrected chi connectivity index (χ3v) is 2.99. The highest BCUT2D eigenvalue weighted by Gasteiger charge is 2.10. The van der Waals surface area contributed by atoms with Crippen LogP contribution in [0.25, 0.3) is 0 Å². The third-order valence-electron chi connectivity index (χ3n) is 2.99. The van der Waals surface area contributed by atoms with Crippen molar-refractivity contribution in [3.05, 3.63) is 23.9 Å².